The summed E-state index contributed by atoms with van der Waals surface area (Å²) in [5.74, 6) is 0.155. The van der Waals surface area contributed by atoms with Gasteiger partial charge in [0.05, 0.1) is 0 Å². The summed E-state index contributed by atoms with van der Waals surface area (Å²) >= 11 is 0. The lowest BCUT2D eigenvalue weighted by Gasteiger charge is -2.35. The average Bonchev–Trinajstić information content (AvgIpc) is 2.46. The molecule has 1 fully saturated rings. The van der Waals surface area contributed by atoms with Crippen molar-refractivity contribution < 1.29 is 4.79 Å². The molecule has 1 aromatic carbocycles. The summed E-state index contributed by atoms with van der Waals surface area (Å²) in [7, 11) is 0. The summed E-state index contributed by atoms with van der Waals surface area (Å²) in [4.78, 5) is 14.6. The Morgan fingerprint density at radius 2 is 2.17 bits per heavy atom. The predicted molar refractivity (Wildman–Crippen MR) is 73.5 cm³/mol. The van der Waals surface area contributed by atoms with Crippen molar-refractivity contribution in [2.24, 2.45) is 5.73 Å². The fourth-order valence-corrected chi connectivity index (χ4v) is 2.70. The standard InChI is InChI=1S/C15H22N2O/c1-2-12-7-3-4-9-14(12)15(18)17-10-6-5-8-13(17)11-16/h3-4,7,9,13H,2,5-6,8,10-11,16H2,1H3. The van der Waals surface area contributed by atoms with Gasteiger partial charge in [-0.1, -0.05) is 25.1 Å². The summed E-state index contributed by atoms with van der Waals surface area (Å²) in [5, 5.41) is 0. The Bertz CT molecular complexity index is 417. The van der Waals surface area contributed by atoms with Crippen LogP contribution in [0.1, 0.15) is 42.1 Å². The van der Waals surface area contributed by atoms with Crippen molar-refractivity contribution in [1.29, 1.82) is 0 Å². The lowest BCUT2D eigenvalue weighted by molar-refractivity contribution is 0.0622. The van der Waals surface area contributed by atoms with Crippen LogP contribution in [0.2, 0.25) is 0 Å². The highest BCUT2D eigenvalue weighted by Gasteiger charge is 2.27. The van der Waals surface area contributed by atoms with Gasteiger partial charge in [0.25, 0.3) is 5.91 Å². The maximum absolute atomic E-state index is 12.6. The van der Waals surface area contributed by atoms with E-state index in [1.807, 2.05) is 29.2 Å². The first-order valence-electron chi connectivity index (χ1n) is 6.86. The molecule has 1 unspecified atom stereocenters. The van der Waals surface area contributed by atoms with E-state index in [9.17, 15) is 4.79 Å². The lowest BCUT2D eigenvalue weighted by atomic mass is 9.98. The van der Waals surface area contributed by atoms with E-state index in [0.717, 1.165) is 36.9 Å². The molecule has 0 aromatic heterocycles. The summed E-state index contributed by atoms with van der Waals surface area (Å²) in [5.41, 5.74) is 7.76. The number of carbonyl (C=O) groups excluding carboxylic acids is 1. The number of piperidine rings is 1. The van der Waals surface area contributed by atoms with Crippen molar-refractivity contribution in [3.05, 3.63) is 35.4 Å². The van der Waals surface area contributed by atoms with E-state index in [0.29, 0.717) is 6.54 Å². The minimum absolute atomic E-state index is 0.155. The second-order valence-electron chi connectivity index (χ2n) is 4.89. The zero-order valence-electron chi connectivity index (χ0n) is 11.1. The van der Waals surface area contributed by atoms with Crippen LogP contribution in [0.4, 0.5) is 0 Å². The van der Waals surface area contributed by atoms with Gasteiger partial charge >= 0.3 is 0 Å². The molecule has 1 heterocycles. The van der Waals surface area contributed by atoms with Crippen LogP contribution < -0.4 is 5.73 Å². The second-order valence-corrected chi connectivity index (χ2v) is 4.89. The molecule has 0 spiro atoms. The van der Waals surface area contributed by atoms with Gasteiger partial charge in [0.15, 0.2) is 0 Å². The van der Waals surface area contributed by atoms with Crippen LogP contribution in [0.15, 0.2) is 24.3 Å². The number of hydrogen-bond acceptors (Lipinski definition) is 2. The SMILES string of the molecule is CCc1ccccc1C(=O)N1CCCCC1CN. The number of nitrogens with zero attached hydrogens (tertiary/aromatic N) is 1. The molecule has 1 aliphatic rings. The maximum Gasteiger partial charge on any atom is 0.254 e. The van der Waals surface area contributed by atoms with Crippen molar-refractivity contribution in [2.45, 2.75) is 38.6 Å². The monoisotopic (exact) mass is 246 g/mol. The smallest absolute Gasteiger partial charge is 0.254 e. The molecular formula is C15H22N2O. The van der Waals surface area contributed by atoms with Gasteiger partial charge < -0.3 is 10.6 Å². The Balaban J connectivity index is 2.24. The quantitative estimate of drug-likeness (QED) is 0.888. The molecule has 0 saturated carbocycles. The molecule has 0 radical (unpaired) electrons. The van der Waals surface area contributed by atoms with E-state index in [4.69, 9.17) is 5.73 Å². The molecule has 1 saturated heterocycles. The van der Waals surface area contributed by atoms with Crippen molar-refractivity contribution >= 4 is 5.91 Å². The Labute approximate surface area is 109 Å². The Hall–Kier alpha value is -1.35. The second kappa shape index (κ2) is 6.01. The number of hydrogen-bond donors (Lipinski definition) is 1. The van der Waals surface area contributed by atoms with Crippen LogP contribution in [0.3, 0.4) is 0 Å². The fraction of sp³-hybridized carbons (Fsp3) is 0.533. The molecule has 0 bridgehead atoms. The molecule has 1 aliphatic heterocycles. The van der Waals surface area contributed by atoms with Crippen molar-refractivity contribution in [1.82, 2.24) is 4.90 Å². The van der Waals surface area contributed by atoms with E-state index < -0.39 is 0 Å². The first kappa shape index (κ1) is 13.1. The van der Waals surface area contributed by atoms with Gasteiger partial charge in [0.1, 0.15) is 0 Å². The maximum atomic E-state index is 12.6. The van der Waals surface area contributed by atoms with E-state index in [1.54, 1.807) is 0 Å². The van der Waals surface area contributed by atoms with Crippen LogP contribution in [0, 0.1) is 0 Å². The molecule has 2 N–H and O–H groups in total. The Kier molecular flexibility index (Phi) is 4.37. The third kappa shape index (κ3) is 2.56. The van der Waals surface area contributed by atoms with Crippen molar-refractivity contribution in [3.8, 4) is 0 Å². The van der Waals surface area contributed by atoms with E-state index in [2.05, 4.69) is 6.92 Å². The third-order valence-corrected chi connectivity index (χ3v) is 3.79. The van der Waals surface area contributed by atoms with Crippen LogP contribution in [0.5, 0.6) is 0 Å². The lowest BCUT2D eigenvalue weighted by Crippen LogP contribution is -2.47. The molecule has 18 heavy (non-hydrogen) atoms. The van der Waals surface area contributed by atoms with Crippen molar-refractivity contribution in [2.75, 3.05) is 13.1 Å². The van der Waals surface area contributed by atoms with Gasteiger partial charge in [-0.15, -0.1) is 0 Å². The van der Waals surface area contributed by atoms with Crippen LogP contribution in [-0.4, -0.2) is 29.9 Å². The Morgan fingerprint density at radius 1 is 1.39 bits per heavy atom. The molecule has 0 aliphatic carbocycles. The number of benzene rings is 1. The normalized spacial score (nSPS) is 19.9. The van der Waals surface area contributed by atoms with Crippen molar-refractivity contribution in [3.63, 3.8) is 0 Å². The number of likely N-dealkylation sites (tertiary alicyclic amines) is 1. The molecule has 1 amide bonds. The van der Waals surface area contributed by atoms with Crippen LogP contribution in [-0.2, 0) is 6.42 Å². The molecule has 1 atom stereocenters. The fourth-order valence-electron chi connectivity index (χ4n) is 2.70. The highest BCUT2D eigenvalue weighted by molar-refractivity contribution is 5.96. The molecule has 3 heteroatoms. The first-order chi connectivity index (χ1) is 8.77. The molecule has 2 rings (SSSR count). The van der Waals surface area contributed by atoms with Gasteiger partial charge in [0.2, 0.25) is 0 Å². The summed E-state index contributed by atoms with van der Waals surface area (Å²) < 4.78 is 0. The van der Waals surface area contributed by atoms with E-state index in [-0.39, 0.29) is 11.9 Å². The number of carbonyl (C=O) groups is 1. The predicted octanol–water partition coefficient (Wildman–Crippen LogP) is 2.20. The summed E-state index contributed by atoms with van der Waals surface area (Å²) in [6.45, 7) is 3.50. The number of amides is 1. The zero-order valence-corrected chi connectivity index (χ0v) is 11.1. The van der Waals surface area contributed by atoms with Gasteiger partial charge in [-0.25, -0.2) is 0 Å². The zero-order chi connectivity index (χ0) is 13.0. The minimum atomic E-state index is 0.155. The number of nitrogens with two attached hydrogens (primary N) is 1. The van der Waals surface area contributed by atoms with Gasteiger partial charge in [-0.3, -0.25) is 4.79 Å². The molecule has 3 nitrogen and oxygen atoms in total. The molecule has 98 valence electrons. The molecular weight excluding hydrogens is 224 g/mol. The van der Waals surface area contributed by atoms with Gasteiger partial charge in [-0.2, -0.15) is 0 Å². The number of rotatable bonds is 3. The highest BCUT2D eigenvalue weighted by Crippen LogP contribution is 2.20. The van der Waals surface area contributed by atoms with E-state index >= 15 is 0 Å². The number of aryl methyl sites for hydroxylation is 1. The van der Waals surface area contributed by atoms with Crippen LogP contribution in [0.25, 0.3) is 0 Å². The first-order valence-corrected chi connectivity index (χ1v) is 6.86. The largest absolute Gasteiger partial charge is 0.334 e. The van der Waals surface area contributed by atoms with Gasteiger partial charge in [0, 0.05) is 24.7 Å². The van der Waals surface area contributed by atoms with Crippen LogP contribution >= 0.6 is 0 Å². The third-order valence-electron chi connectivity index (χ3n) is 3.79. The minimum Gasteiger partial charge on any atom is -0.334 e. The highest BCUT2D eigenvalue weighted by atomic mass is 16.2. The average molecular weight is 246 g/mol. The van der Waals surface area contributed by atoms with Gasteiger partial charge in [-0.05, 0) is 37.3 Å². The molecule has 1 aromatic rings. The topological polar surface area (TPSA) is 46.3 Å². The summed E-state index contributed by atoms with van der Waals surface area (Å²) in [6, 6.07) is 8.12. The van der Waals surface area contributed by atoms with E-state index in [1.165, 1.54) is 6.42 Å². The summed E-state index contributed by atoms with van der Waals surface area (Å²) in [6.07, 6.45) is 4.21. The Morgan fingerprint density at radius 3 is 2.89 bits per heavy atom.